The summed E-state index contributed by atoms with van der Waals surface area (Å²) in [4.78, 5) is 0. The molecule has 5 heteroatoms. The third kappa shape index (κ3) is 2.78. The van der Waals surface area contributed by atoms with Crippen molar-refractivity contribution in [2.45, 2.75) is 6.54 Å². The second-order valence-corrected chi connectivity index (χ2v) is 4.07. The number of hydrogen-bond donors (Lipinski definition) is 1. The van der Waals surface area contributed by atoms with Gasteiger partial charge in [0.1, 0.15) is 11.6 Å². The first kappa shape index (κ1) is 12.8. The monoisotopic (exact) mass is 269 g/mol. The Labute approximate surface area is 108 Å². The predicted octanol–water partition coefficient (Wildman–Crippen LogP) is 3.87. The zero-order chi connectivity index (χ0) is 13.1. The lowest BCUT2D eigenvalue weighted by Gasteiger charge is -2.11. The van der Waals surface area contributed by atoms with Gasteiger partial charge in [0.15, 0.2) is 11.6 Å². The van der Waals surface area contributed by atoms with E-state index >= 15 is 0 Å². The summed E-state index contributed by atoms with van der Waals surface area (Å²) in [7, 11) is 0. The first-order chi connectivity index (χ1) is 8.60. The molecule has 0 aromatic heterocycles. The maximum atomic E-state index is 13.4. The zero-order valence-electron chi connectivity index (χ0n) is 9.29. The molecule has 0 spiro atoms. The van der Waals surface area contributed by atoms with Crippen LogP contribution in [0.2, 0.25) is 5.02 Å². The molecule has 0 fully saturated rings. The van der Waals surface area contributed by atoms with Crippen LogP contribution in [0.3, 0.4) is 0 Å². The molecule has 0 heterocycles. The maximum absolute atomic E-state index is 13.4. The van der Waals surface area contributed by atoms with Gasteiger partial charge in [-0.05, 0) is 30.3 Å². The second-order valence-electron chi connectivity index (χ2n) is 3.63. The lowest BCUT2D eigenvalue weighted by atomic mass is 10.2. The third-order valence-corrected chi connectivity index (χ3v) is 2.59. The fourth-order valence-electron chi connectivity index (χ4n) is 1.48. The highest BCUT2D eigenvalue weighted by Gasteiger charge is 2.09. The molecule has 0 saturated carbocycles. The van der Waals surface area contributed by atoms with Gasteiger partial charge in [0.25, 0.3) is 0 Å². The minimum absolute atomic E-state index is 0.187. The van der Waals surface area contributed by atoms with E-state index in [1.54, 1.807) is 18.2 Å². The molecule has 0 amide bonds. The molecule has 94 valence electrons. The largest absolute Gasteiger partial charge is 0.454 e. The Bertz CT molecular complexity index is 575. The molecule has 0 aliphatic heterocycles. The number of rotatable bonds is 3. The van der Waals surface area contributed by atoms with Crippen molar-refractivity contribution in [3.8, 4) is 11.5 Å². The Morgan fingerprint density at radius 1 is 1.06 bits per heavy atom. The van der Waals surface area contributed by atoms with E-state index in [4.69, 9.17) is 22.1 Å². The molecule has 2 aromatic carbocycles. The number of hydrogen-bond acceptors (Lipinski definition) is 2. The first-order valence-corrected chi connectivity index (χ1v) is 5.59. The molecule has 18 heavy (non-hydrogen) atoms. The average molecular weight is 270 g/mol. The van der Waals surface area contributed by atoms with Crippen molar-refractivity contribution in [1.82, 2.24) is 0 Å². The van der Waals surface area contributed by atoms with Gasteiger partial charge in [-0.2, -0.15) is 0 Å². The zero-order valence-corrected chi connectivity index (χ0v) is 10.0. The average Bonchev–Trinajstić information content (AvgIpc) is 2.36. The van der Waals surface area contributed by atoms with Crippen molar-refractivity contribution < 1.29 is 13.5 Å². The van der Waals surface area contributed by atoms with Gasteiger partial charge >= 0.3 is 0 Å². The molecule has 0 aliphatic carbocycles. The van der Waals surface area contributed by atoms with Crippen LogP contribution in [0.1, 0.15) is 5.56 Å². The molecule has 0 bridgehead atoms. The minimum atomic E-state index is -0.644. The number of halogens is 3. The molecular formula is C13H10ClF2NO. The Kier molecular flexibility index (Phi) is 3.79. The predicted molar refractivity (Wildman–Crippen MR) is 65.8 cm³/mol. The smallest absolute Gasteiger partial charge is 0.165 e. The van der Waals surface area contributed by atoms with Crippen LogP contribution in [0.5, 0.6) is 11.5 Å². The van der Waals surface area contributed by atoms with E-state index in [2.05, 4.69) is 0 Å². The van der Waals surface area contributed by atoms with Crippen molar-refractivity contribution in [3.63, 3.8) is 0 Å². The van der Waals surface area contributed by atoms with Gasteiger partial charge in [-0.25, -0.2) is 8.78 Å². The molecule has 2 rings (SSSR count). The highest BCUT2D eigenvalue weighted by atomic mass is 35.5. The van der Waals surface area contributed by atoms with E-state index in [-0.39, 0.29) is 12.3 Å². The van der Waals surface area contributed by atoms with E-state index < -0.39 is 11.6 Å². The van der Waals surface area contributed by atoms with Gasteiger partial charge in [-0.3, -0.25) is 0 Å². The fraction of sp³-hybridized carbons (Fsp3) is 0.0769. The van der Waals surface area contributed by atoms with Crippen LogP contribution in [0.15, 0.2) is 36.4 Å². The van der Waals surface area contributed by atoms with E-state index in [1.165, 1.54) is 0 Å². The van der Waals surface area contributed by atoms with E-state index in [1.807, 2.05) is 0 Å². The molecule has 0 unspecified atom stereocenters. The van der Waals surface area contributed by atoms with Crippen LogP contribution in [-0.2, 0) is 6.54 Å². The van der Waals surface area contributed by atoms with Crippen molar-refractivity contribution in [3.05, 3.63) is 58.6 Å². The van der Waals surface area contributed by atoms with Crippen molar-refractivity contribution >= 4 is 11.6 Å². The molecular weight excluding hydrogens is 260 g/mol. The van der Waals surface area contributed by atoms with Gasteiger partial charge in [0, 0.05) is 23.2 Å². The normalized spacial score (nSPS) is 10.4. The molecule has 2 N–H and O–H groups in total. The number of nitrogens with two attached hydrogens (primary N) is 1. The van der Waals surface area contributed by atoms with Gasteiger partial charge in [-0.1, -0.05) is 11.6 Å². The summed E-state index contributed by atoms with van der Waals surface area (Å²) in [6, 6.07) is 7.77. The third-order valence-electron chi connectivity index (χ3n) is 2.36. The van der Waals surface area contributed by atoms with Gasteiger partial charge in [-0.15, -0.1) is 0 Å². The molecule has 0 atom stereocenters. The Morgan fingerprint density at radius 2 is 1.83 bits per heavy atom. The first-order valence-electron chi connectivity index (χ1n) is 5.21. The summed E-state index contributed by atoms with van der Waals surface area (Å²) < 4.78 is 31.7. The molecule has 2 nitrogen and oxygen atoms in total. The van der Waals surface area contributed by atoms with Crippen LogP contribution < -0.4 is 10.5 Å². The maximum Gasteiger partial charge on any atom is 0.165 e. The molecule has 0 aliphatic rings. The lowest BCUT2D eigenvalue weighted by molar-refractivity contribution is 0.432. The Hall–Kier alpha value is -1.65. The summed E-state index contributed by atoms with van der Waals surface area (Å²) >= 11 is 5.81. The van der Waals surface area contributed by atoms with Crippen LogP contribution in [-0.4, -0.2) is 0 Å². The molecule has 0 radical (unpaired) electrons. The highest BCUT2D eigenvalue weighted by molar-refractivity contribution is 6.30. The number of benzene rings is 2. The summed E-state index contributed by atoms with van der Waals surface area (Å²) in [6.07, 6.45) is 0. The summed E-state index contributed by atoms with van der Waals surface area (Å²) in [6.45, 7) is 0.187. The van der Waals surface area contributed by atoms with Crippen molar-refractivity contribution in [2.75, 3.05) is 0 Å². The fourth-order valence-corrected chi connectivity index (χ4v) is 1.68. The van der Waals surface area contributed by atoms with Crippen molar-refractivity contribution in [2.24, 2.45) is 5.73 Å². The van der Waals surface area contributed by atoms with Crippen LogP contribution >= 0.6 is 11.6 Å². The van der Waals surface area contributed by atoms with E-state index in [9.17, 15) is 8.78 Å². The van der Waals surface area contributed by atoms with Crippen LogP contribution in [0.25, 0.3) is 0 Å². The van der Waals surface area contributed by atoms with Gasteiger partial charge < -0.3 is 10.5 Å². The lowest BCUT2D eigenvalue weighted by Crippen LogP contribution is -2.00. The van der Waals surface area contributed by atoms with E-state index in [0.29, 0.717) is 16.3 Å². The minimum Gasteiger partial charge on any atom is -0.454 e. The van der Waals surface area contributed by atoms with E-state index in [0.717, 1.165) is 18.2 Å². The topological polar surface area (TPSA) is 35.2 Å². The van der Waals surface area contributed by atoms with Crippen LogP contribution in [0, 0.1) is 11.6 Å². The molecule has 0 saturated heterocycles. The Morgan fingerprint density at radius 3 is 2.56 bits per heavy atom. The van der Waals surface area contributed by atoms with Gasteiger partial charge in [0.2, 0.25) is 0 Å². The summed E-state index contributed by atoms with van der Waals surface area (Å²) in [5.74, 6) is -1.05. The highest BCUT2D eigenvalue weighted by Crippen LogP contribution is 2.29. The van der Waals surface area contributed by atoms with Gasteiger partial charge in [0.05, 0.1) is 0 Å². The summed E-state index contributed by atoms with van der Waals surface area (Å²) in [5.41, 5.74) is 6.15. The SMILES string of the molecule is NCc1cc(Cl)ccc1Oc1cc(F)ccc1F. The molecule has 2 aromatic rings. The second kappa shape index (κ2) is 5.33. The quantitative estimate of drug-likeness (QED) is 0.918. The Balaban J connectivity index is 2.36. The standard InChI is InChI=1S/C13H10ClF2NO/c14-9-1-4-12(8(5-9)7-17)18-13-6-10(15)2-3-11(13)16/h1-6H,7,17H2. The van der Waals surface area contributed by atoms with Crippen molar-refractivity contribution in [1.29, 1.82) is 0 Å². The van der Waals surface area contributed by atoms with Crippen LogP contribution in [0.4, 0.5) is 8.78 Å². The number of ether oxygens (including phenoxy) is 1. The summed E-state index contributed by atoms with van der Waals surface area (Å²) in [5, 5.41) is 0.502.